The zero-order valence-electron chi connectivity index (χ0n) is 17.3. The molecule has 0 atom stereocenters. The zero-order chi connectivity index (χ0) is 22.5. The standard InChI is InChI=1S/C24H21FN4O3/c1-32-19-8-4-15(5-9-19)10-22(30)29-18-11-20-21(14-27-23(20)26-13-18)24(31)28-12-16-2-6-17(25)7-3-16/h2-9,11,13-14H,10,12H2,1H3,(H,26,27)(H,28,31)(H,29,30). The fourth-order valence-electron chi connectivity index (χ4n) is 3.27. The lowest BCUT2D eigenvalue weighted by Crippen LogP contribution is -2.22. The van der Waals surface area contributed by atoms with E-state index in [4.69, 9.17) is 4.74 Å². The Kier molecular flexibility index (Phi) is 6.12. The second-order valence-corrected chi connectivity index (χ2v) is 7.20. The first-order valence-corrected chi connectivity index (χ1v) is 9.94. The van der Waals surface area contributed by atoms with Crippen LogP contribution < -0.4 is 15.4 Å². The fourth-order valence-corrected chi connectivity index (χ4v) is 3.27. The molecule has 0 unspecified atom stereocenters. The van der Waals surface area contributed by atoms with Crippen molar-refractivity contribution in [1.29, 1.82) is 0 Å². The van der Waals surface area contributed by atoms with Crippen molar-refractivity contribution in [1.82, 2.24) is 15.3 Å². The van der Waals surface area contributed by atoms with Crippen LogP contribution in [0.5, 0.6) is 5.75 Å². The minimum absolute atomic E-state index is 0.195. The lowest BCUT2D eigenvalue weighted by atomic mass is 10.1. The molecule has 0 spiro atoms. The molecule has 0 aliphatic heterocycles. The Labute approximate surface area is 183 Å². The molecule has 0 fully saturated rings. The number of halogens is 1. The monoisotopic (exact) mass is 432 g/mol. The van der Waals surface area contributed by atoms with Gasteiger partial charge in [0.05, 0.1) is 31.0 Å². The number of rotatable bonds is 7. The molecule has 0 saturated heterocycles. The molecule has 2 amide bonds. The minimum atomic E-state index is -0.329. The van der Waals surface area contributed by atoms with Gasteiger partial charge in [0, 0.05) is 18.1 Å². The summed E-state index contributed by atoms with van der Waals surface area (Å²) in [6.45, 7) is 0.261. The van der Waals surface area contributed by atoms with E-state index in [-0.39, 0.29) is 30.6 Å². The van der Waals surface area contributed by atoms with Crippen molar-refractivity contribution in [2.45, 2.75) is 13.0 Å². The maximum absolute atomic E-state index is 13.0. The molecule has 0 saturated carbocycles. The number of hydrogen-bond acceptors (Lipinski definition) is 4. The average molecular weight is 432 g/mol. The molecule has 0 bridgehead atoms. The summed E-state index contributed by atoms with van der Waals surface area (Å²) < 4.78 is 18.2. The number of amides is 2. The summed E-state index contributed by atoms with van der Waals surface area (Å²) in [5.41, 5.74) is 3.05. The lowest BCUT2D eigenvalue weighted by Gasteiger charge is -2.07. The highest BCUT2D eigenvalue weighted by molar-refractivity contribution is 6.07. The number of methoxy groups -OCH3 is 1. The molecule has 0 aliphatic rings. The Morgan fingerprint density at radius 1 is 1.06 bits per heavy atom. The molecule has 162 valence electrons. The Balaban J connectivity index is 1.43. The SMILES string of the molecule is COc1ccc(CC(=O)Nc2cnc3[nH]cc(C(=O)NCc4ccc(F)cc4)c3c2)cc1. The van der Waals surface area contributed by atoms with Gasteiger partial charge in [-0.3, -0.25) is 9.59 Å². The van der Waals surface area contributed by atoms with Gasteiger partial charge in [0.15, 0.2) is 0 Å². The Morgan fingerprint density at radius 3 is 2.50 bits per heavy atom. The molecule has 4 aromatic rings. The van der Waals surface area contributed by atoms with E-state index in [9.17, 15) is 14.0 Å². The van der Waals surface area contributed by atoms with Gasteiger partial charge in [0.2, 0.25) is 5.91 Å². The molecule has 2 heterocycles. The summed E-state index contributed by atoms with van der Waals surface area (Å²) in [5, 5.41) is 6.21. The molecule has 32 heavy (non-hydrogen) atoms. The van der Waals surface area contributed by atoms with E-state index in [1.807, 2.05) is 12.1 Å². The molecule has 0 radical (unpaired) electrons. The van der Waals surface area contributed by atoms with Crippen molar-refractivity contribution in [2.75, 3.05) is 12.4 Å². The third kappa shape index (κ3) is 4.92. The smallest absolute Gasteiger partial charge is 0.253 e. The van der Waals surface area contributed by atoms with E-state index >= 15 is 0 Å². The predicted octanol–water partition coefficient (Wildman–Crippen LogP) is 3.82. The quantitative estimate of drug-likeness (QED) is 0.414. The van der Waals surface area contributed by atoms with E-state index < -0.39 is 0 Å². The number of carbonyl (C=O) groups excluding carboxylic acids is 2. The van der Waals surface area contributed by atoms with Crippen molar-refractivity contribution < 1.29 is 18.7 Å². The molecule has 8 heteroatoms. The number of ether oxygens (including phenoxy) is 1. The second kappa shape index (κ2) is 9.30. The van der Waals surface area contributed by atoms with Gasteiger partial charge in [-0.2, -0.15) is 0 Å². The van der Waals surface area contributed by atoms with Gasteiger partial charge in [-0.1, -0.05) is 24.3 Å². The van der Waals surface area contributed by atoms with Crippen molar-refractivity contribution in [3.05, 3.63) is 89.5 Å². The molecule has 7 nitrogen and oxygen atoms in total. The highest BCUT2D eigenvalue weighted by Crippen LogP contribution is 2.21. The van der Waals surface area contributed by atoms with Crippen LogP contribution in [0.3, 0.4) is 0 Å². The minimum Gasteiger partial charge on any atom is -0.497 e. The summed E-state index contributed by atoms with van der Waals surface area (Å²) in [6.07, 6.45) is 3.30. The van der Waals surface area contributed by atoms with Crippen LogP contribution in [0.15, 0.2) is 67.0 Å². The fraction of sp³-hybridized carbons (Fsp3) is 0.125. The summed E-state index contributed by atoms with van der Waals surface area (Å²) in [5.74, 6) is -0.107. The van der Waals surface area contributed by atoms with Crippen LogP contribution in [-0.2, 0) is 17.8 Å². The highest BCUT2D eigenvalue weighted by Gasteiger charge is 2.14. The number of benzene rings is 2. The van der Waals surface area contributed by atoms with Gasteiger partial charge in [-0.05, 0) is 41.5 Å². The maximum atomic E-state index is 13.0. The van der Waals surface area contributed by atoms with Gasteiger partial charge in [-0.25, -0.2) is 9.37 Å². The van der Waals surface area contributed by atoms with Crippen LogP contribution in [0.25, 0.3) is 11.0 Å². The van der Waals surface area contributed by atoms with Crippen molar-refractivity contribution in [3.63, 3.8) is 0 Å². The predicted molar refractivity (Wildman–Crippen MR) is 119 cm³/mol. The molecular weight excluding hydrogens is 411 g/mol. The average Bonchev–Trinajstić information content (AvgIpc) is 3.22. The largest absolute Gasteiger partial charge is 0.497 e. The Hall–Kier alpha value is -4.20. The molecule has 4 rings (SSSR count). The first-order valence-electron chi connectivity index (χ1n) is 9.94. The molecular formula is C24H21FN4O3. The number of nitrogens with one attached hydrogen (secondary N) is 3. The van der Waals surface area contributed by atoms with Crippen LogP contribution >= 0.6 is 0 Å². The third-order valence-electron chi connectivity index (χ3n) is 4.95. The van der Waals surface area contributed by atoms with Crippen LogP contribution in [0.1, 0.15) is 21.5 Å². The number of carbonyl (C=O) groups is 2. The van der Waals surface area contributed by atoms with Gasteiger partial charge < -0.3 is 20.4 Å². The van der Waals surface area contributed by atoms with Crippen LogP contribution in [0.4, 0.5) is 10.1 Å². The van der Waals surface area contributed by atoms with E-state index in [1.165, 1.54) is 18.3 Å². The lowest BCUT2D eigenvalue weighted by molar-refractivity contribution is -0.115. The molecule has 3 N–H and O–H groups in total. The number of H-pyrrole nitrogens is 1. The van der Waals surface area contributed by atoms with Gasteiger partial charge in [0.25, 0.3) is 5.91 Å². The van der Waals surface area contributed by atoms with Crippen LogP contribution in [-0.4, -0.2) is 28.9 Å². The van der Waals surface area contributed by atoms with E-state index in [0.717, 1.165) is 16.9 Å². The van der Waals surface area contributed by atoms with Gasteiger partial charge >= 0.3 is 0 Å². The number of anilines is 1. The molecule has 0 aliphatic carbocycles. The van der Waals surface area contributed by atoms with Crippen LogP contribution in [0, 0.1) is 5.82 Å². The third-order valence-corrected chi connectivity index (χ3v) is 4.95. The molecule has 2 aromatic heterocycles. The number of aromatic nitrogens is 2. The van der Waals surface area contributed by atoms with E-state index in [1.54, 1.807) is 43.6 Å². The van der Waals surface area contributed by atoms with Gasteiger partial charge in [0.1, 0.15) is 17.2 Å². The summed E-state index contributed by atoms with van der Waals surface area (Å²) in [4.78, 5) is 32.3. The Bertz CT molecular complexity index is 1250. The van der Waals surface area contributed by atoms with E-state index in [0.29, 0.717) is 22.3 Å². The molecule has 2 aromatic carbocycles. The topological polar surface area (TPSA) is 96.1 Å². The van der Waals surface area contributed by atoms with Crippen molar-refractivity contribution >= 4 is 28.5 Å². The Morgan fingerprint density at radius 2 is 1.78 bits per heavy atom. The van der Waals surface area contributed by atoms with E-state index in [2.05, 4.69) is 20.6 Å². The summed E-state index contributed by atoms with van der Waals surface area (Å²) in [7, 11) is 1.59. The first kappa shape index (κ1) is 21.0. The highest BCUT2D eigenvalue weighted by atomic mass is 19.1. The maximum Gasteiger partial charge on any atom is 0.253 e. The number of hydrogen-bond donors (Lipinski definition) is 3. The number of nitrogens with zero attached hydrogens (tertiary/aromatic N) is 1. The number of aromatic amines is 1. The first-order chi connectivity index (χ1) is 15.5. The van der Waals surface area contributed by atoms with Crippen molar-refractivity contribution in [3.8, 4) is 5.75 Å². The number of fused-ring (bicyclic) bond motifs is 1. The van der Waals surface area contributed by atoms with Gasteiger partial charge in [-0.15, -0.1) is 0 Å². The normalized spacial score (nSPS) is 10.7. The van der Waals surface area contributed by atoms with Crippen molar-refractivity contribution in [2.24, 2.45) is 0 Å². The zero-order valence-corrected chi connectivity index (χ0v) is 17.3. The van der Waals surface area contributed by atoms with Crippen LogP contribution in [0.2, 0.25) is 0 Å². The second-order valence-electron chi connectivity index (χ2n) is 7.20. The number of pyridine rings is 1. The summed E-state index contributed by atoms with van der Waals surface area (Å²) in [6, 6.07) is 14.9. The summed E-state index contributed by atoms with van der Waals surface area (Å²) >= 11 is 0.